The van der Waals surface area contributed by atoms with Gasteiger partial charge in [-0.25, -0.2) is 4.79 Å². The van der Waals surface area contributed by atoms with Crippen LogP contribution in [0.2, 0.25) is 0 Å². The van der Waals surface area contributed by atoms with Crippen LogP contribution in [0.5, 0.6) is 0 Å². The van der Waals surface area contributed by atoms with Crippen LogP contribution in [-0.4, -0.2) is 20.6 Å². The zero-order chi connectivity index (χ0) is 14.3. The summed E-state index contributed by atoms with van der Waals surface area (Å²) < 4.78 is 1.68. The van der Waals surface area contributed by atoms with Crippen molar-refractivity contribution >= 4 is 5.97 Å². The number of carboxylic acids is 1. The Kier molecular flexibility index (Phi) is 3.47. The van der Waals surface area contributed by atoms with E-state index in [9.17, 15) is 14.7 Å². The topological polar surface area (TPSA) is 72.2 Å². The number of hydrogen-bond acceptors (Lipinski definition) is 3. The number of hydrogen-bond donors (Lipinski definition) is 1. The van der Waals surface area contributed by atoms with Crippen molar-refractivity contribution in [2.24, 2.45) is 5.92 Å². The summed E-state index contributed by atoms with van der Waals surface area (Å²) >= 11 is 0. The fourth-order valence-corrected chi connectivity index (χ4v) is 3.04. The predicted molar refractivity (Wildman–Crippen MR) is 71.5 cm³/mol. The number of carbonyl (C=O) groups is 1. The lowest BCUT2D eigenvalue weighted by Crippen LogP contribution is -2.37. The van der Waals surface area contributed by atoms with Crippen LogP contribution < -0.4 is 5.69 Å². The molecule has 1 N–H and O–H groups in total. The Hall–Kier alpha value is -1.65. The molecular weight excluding hydrogens is 244 g/mol. The molecule has 0 aromatic carbocycles. The van der Waals surface area contributed by atoms with Crippen molar-refractivity contribution in [1.29, 1.82) is 0 Å². The zero-order valence-electron chi connectivity index (χ0n) is 11.8. The maximum absolute atomic E-state index is 12.1. The summed E-state index contributed by atoms with van der Waals surface area (Å²) in [5.74, 6) is -0.907. The van der Waals surface area contributed by atoms with Crippen molar-refractivity contribution in [1.82, 2.24) is 9.55 Å². The van der Waals surface area contributed by atoms with Gasteiger partial charge >= 0.3 is 11.7 Å². The van der Waals surface area contributed by atoms with E-state index in [-0.39, 0.29) is 11.7 Å². The molecule has 0 radical (unpaired) electrons. The summed E-state index contributed by atoms with van der Waals surface area (Å²) in [5.41, 5.74) is 1.70. The molecule has 0 spiro atoms. The van der Waals surface area contributed by atoms with Gasteiger partial charge < -0.3 is 5.11 Å². The molecule has 5 heteroatoms. The summed E-state index contributed by atoms with van der Waals surface area (Å²) in [6, 6.07) is 0.176. The Morgan fingerprint density at radius 3 is 2.47 bits per heavy atom. The monoisotopic (exact) mass is 264 g/mol. The number of aromatic nitrogens is 2. The zero-order valence-corrected chi connectivity index (χ0v) is 11.8. The highest BCUT2D eigenvalue weighted by Gasteiger charge is 2.31. The number of carboxylic acid groups (broad SMARTS) is 1. The van der Waals surface area contributed by atoms with Crippen molar-refractivity contribution in [2.75, 3.05) is 0 Å². The van der Waals surface area contributed by atoms with Gasteiger partial charge in [0.05, 0.1) is 5.92 Å². The molecule has 1 fully saturated rings. The SMILES string of the molecule is Cc1nc(=O)n(C2CC(C)C2)c(C)c1C(C)C(=O)O. The fraction of sp³-hybridized carbons (Fsp3) is 0.643. The second-order valence-corrected chi connectivity index (χ2v) is 5.64. The molecule has 19 heavy (non-hydrogen) atoms. The standard InChI is InChI=1S/C14H20N2O3/c1-7-5-11(6-7)16-10(4)12(8(2)13(17)18)9(3)15-14(16)19/h7-8,11H,5-6H2,1-4H3,(H,17,18). The molecule has 1 heterocycles. The van der Waals surface area contributed by atoms with Crippen molar-refractivity contribution in [3.05, 3.63) is 27.4 Å². The van der Waals surface area contributed by atoms with Gasteiger partial charge in [-0.05, 0) is 39.5 Å². The van der Waals surface area contributed by atoms with E-state index in [0.717, 1.165) is 18.5 Å². The molecule has 1 unspecified atom stereocenters. The third kappa shape index (κ3) is 2.29. The van der Waals surface area contributed by atoms with Gasteiger partial charge in [-0.3, -0.25) is 9.36 Å². The van der Waals surface area contributed by atoms with Crippen molar-refractivity contribution in [3.63, 3.8) is 0 Å². The molecule has 5 nitrogen and oxygen atoms in total. The average molecular weight is 264 g/mol. The van der Waals surface area contributed by atoms with E-state index >= 15 is 0 Å². The van der Waals surface area contributed by atoms with Gasteiger partial charge in [-0.15, -0.1) is 0 Å². The first kappa shape index (κ1) is 13.8. The minimum Gasteiger partial charge on any atom is -0.481 e. The minimum atomic E-state index is -0.889. The molecule has 1 aromatic rings. The van der Waals surface area contributed by atoms with E-state index in [1.807, 2.05) is 6.92 Å². The van der Waals surface area contributed by atoms with Gasteiger partial charge in [0.15, 0.2) is 0 Å². The second-order valence-electron chi connectivity index (χ2n) is 5.64. The number of nitrogens with zero attached hydrogens (tertiary/aromatic N) is 2. The number of aryl methyl sites for hydroxylation is 1. The first-order valence-electron chi connectivity index (χ1n) is 6.65. The van der Waals surface area contributed by atoms with Crippen LogP contribution in [0.3, 0.4) is 0 Å². The fourth-order valence-electron chi connectivity index (χ4n) is 3.04. The largest absolute Gasteiger partial charge is 0.481 e. The van der Waals surface area contributed by atoms with Crippen LogP contribution in [0.1, 0.15) is 55.6 Å². The van der Waals surface area contributed by atoms with E-state index in [2.05, 4.69) is 11.9 Å². The van der Waals surface area contributed by atoms with Crippen LogP contribution in [-0.2, 0) is 4.79 Å². The normalized spacial score (nSPS) is 23.8. The highest BCUT2D eigenvalue weighted by atomic mass is 16.4. The Morgan fingerprint density at radius 1 is 1.42 bits per heavy atom. The molecular formula is C14H20N2O3. The molecule has 1 atom stereocenters. The summed E-state index contributed by atoms with van der Waals surface area (Å²) in [5, 5.41) is 9.18. The van der Waals surface area contributed by atoms with Gasteiger partial charge in [0.25, 0.3) is 0 Å². The van der Waals surface area contributed by atoms with Gasteiger partial charge in [0.1, 0.15) is 0 Å². The molecule has 0 saturated heterocycles. The van der Waals surface area contributed by atoms with Crippen LogP contribution in [0.25, 0.3) is 0 Å². The van der Waals surface area contributed by atoms with Gasteiger partial charge in [-0.1, -0.05) is 6.92 Å². The maximum Gasteiger partial charge on any atom is 0.348 e. The van der Waals surface area contributed by atoms with Crippen LogP contribution in [0, 0.1) is 19.8 Å². The first-order valence-corrected chi connectivity index (χ1v) is 6.65. The maximum atomic E-state index is 12.1. The lowest BCUT2D eigenvalue weighted by atomic mass is 9.81. The van der Waals surface area contributed by atoms with E-state index < -0.39 is 11.9 Å². The van der Waals surface area contributed by atoms with Gasteiger partial charge in [-0.2, -0.15) is 4.98 Å². The third-order valence-electron chi connectivity index (χ3n) is 4.13. The molecule has 1 aliphatic carbocycles. The van der Waals surface area contributed by atoms with E-state index in [0.29, 0.717) is 17.2 Å². The smallest absolute Gasteiger partial charge is 0.348 e. The second kappa shape index (κ2) is 4.79. The summed E-state index contributed by atoms with van der Waals surface area (Å²) in [6.45, 7) is 7.32. The number of aliphatic carboxylic acids is 1. The average Bonchev–Trinajstić information content (AvgIpc) is 2.25. The summed E-state index contributed by atoms with van der Waals surface area (Å²) in [6.07, 6.45) is 1.93. The molecule has 104 valence electrons. The van der Waals surface area contributed by atoms with Crippen molar-refractivity contribution < 1.29 is 9.90 Å². The number of rotatable bonds is 3. The van der Waals surface area contributed by atoms with Crippen LogP contribution in [0.15, 0.2) is 4.79 Å². The molecule has 2 rings (SSSR count). The van der Waals surface area contributed by atoms with Gasteiger partial charge in [0.2, 0.25) is 0 Å². The van der Waals surface area contributed by atoms with Crippen molar-refractivity contribution in [3.8, 4) is 0 Å². The Labute approximate surface area is 112 Å². The molecule has 1 saturated carbocycles. The van der Waals surface area contributed by atoms with E-state index in [4.69, 9.17) is 0 Å². The lowest BCUT2D eigenvalue weighted by Gasteiger charge is -2.35. The Morgan fingerprint density at radius 2 is 2.00 bits per heavy atom. The molecule has 0 amide bonds. The summed E-state index contributed by atoms with van der Waals surface area (Å²) in [7, 11) is 0. The minimum absolute atomic E-state index is 0.176. The summed E-state index contributed by atoms with van der Waals surface area (Å²) in [4.78, 5) is 27.3. The highest BCUT2D eigenvalue weighted by Crippen LogP contribution is 2.37. The highest BCUT2D eigenvalue weighted by molar-refractivity contribution is 5.76. The van der Waals surface area contributed by atoms with Crippen LogP contribution in [0.4, 0.5) is 0 Å². The molecule has 1 aromatic heterocycles. The van der Waals surface area contributed by atoms with E-state index in [1.165, 1.54) is 0 Å². The molecule has 0 aliphatic heterocycles. The predicted octanol–water partition coefficient (Wildman–Crippen LogP) is 2.02. The lowest BCUT2D eigenvalue weighted by molar-refractivity contribution is -0.138. The molecule has 1 aliphatic rings. The Balaban J connectivity index is 2.54. The first-order chi connectivity index (χ1) is 8.82. The third-order valence-corrected chi connectivity index (χ3v) is 4.13. The molecule has 0 bridgehead atoms. The Bertz CT molecular complexity index is 571. The van der Waals surface area contributed by atoms with Crippen molar-refractivity contribution in [2.45, 2.75) is 52.5 Å². The van der Waals surface area contributed by atoms with E-state index in [1.54, 1.807) is 18.4 Å². The quantitative estimate of drug-likeness (QED) is 0.906. The van der Waals surface area contributed by atoms with Crippen LogP contribution >= 0.6 is 0 Å². The van der Waals surface area contributed by atoms with Gasteiger partial charge in [0, 0.05) is 23.0 Å².